The minimum atomic E-state index is -0.904. The van der Waals surface area contributed by atoms with E-state index >= 15 is 0 Å². The Morgan fingerprint density at radius 3 is 1.88 bits per heavy atom. The topological polar surface area (TPSA) is 115 Å². The number of carbonyl (C=O) groups excluding carboxylic acids is 2. The van der Waals surface area contributed by atoms with Gasteiger partial charge in [0.2, 0.25) is 5.91 Å². The summed E-state index contributed by atoms with van der Waals surface area (Å²) >= 11 is 0. The summed E-state index contributed by atoms with van der Waals surface area (Å²) in [5, 5.41) is 17.2. The van der Waals surface area contributed by atoms with E-state index in [-0.39, 0.29) is 23.5 Å². The zero-order valence-electron chi connectivity index (χ0n) is 49.6. The Kier molecular flexibility index (Phi) is 23.9. The van der Waals surface area contributed by atoms with Crippen LogP contribution in [-0.2, 0) is 19.9 Å². The predicted octanol–water partition coefficient (Wildman–Crippen LogP) is 16.5. The van der Waals surface area contributed by atoms with Gasteiger partial charge >= 0.3 is 6.09 Å². The summed E-state index contributed by atoms with van der Waals surface area (Å²) in [5.74, 6) is 6.73. The molecule has 3 N–H and O–H groups in total. The van der Waals surface area contributed by atoms with Gasteiger partial charge in [0.05, 0.1) is 26.9 Å². The van der Waals surface area contributed by atoms with Crippen LogP contribution >= 0.6 is 0 Å². The second kappa shape index (κ2) is 30.5. The van der Waals surface area contributed by atoms with Gasteiger partial charge in [-0.2, -0.15) is 0 Å². The average molecular weight is 1070 g/mol. The molecule has 3 saturated carbocycles. The maximum Gasteiger partial charge on any atom is 0.407 e. The highest BCUT2D eigenvalue weighted by atomic mass is 16.6. The largest absolute Gasteiger partial charge is 0.497 e. The lowest BCUT2D eigenvalue weighted by Gasteiger charge is -2.58. The fourth-order valence-electron chi connectivity index (χ4n) is 15.3. The Morgan fingerprint density at radius 1 is 0.641 bits per heavy atom. The Bertz CT molecular complexity index is 2220. The number of benzene rings is 3. The molecule has 3 aromatic rings. The van der Waals surface area contributed by atoms with E-state index in [1.807, 2.05) is 66.7 Å². The van der Waals surface area contributed by atoms with E-state index < -0.39 is 11.7 Å². The van der Waals surface area contributed by atoms with Crippen LogP contribution in [0.1, 0.15) is 218 Å². The summed E-state index contributed by atoms with van der Waals surface area (Å²) in [6, 6.07) is 26.2. The second-order valence-electron chi connectivity index (χ2n) is 25.4. The van der Waals surface area contributed by atoms with E-state index in [4.69, 9.17) is 18.9 Å². The van der Waals surface area contributed by atoms with Crippen molar-refractivity contribution in [2.24, 2.45) is 46.3 Å². The molecule has 7 rings (SSSR count). The maximum atomic E-state index is 12.9. The number of ether oxygens (including phenoxy) is 4. The molecule has 432 valence electrons. The molecule has 0 bridgehead atoms. The summed E-state index contributed by atoms with van der Waals surface area (Å²) in [4.78, 5) is 25.4. The van der Waals surface area contributed by atoms with Crippen LogP contribution in [0.3, 0.4) is 0 Å². The third kappa shape index (κ3) is 16.2. The summed E-state index contributed by atoms with van der Waals surface area (Å²) in [6.45, 7) is 14.3. The molecule has 0 spiro atoms. The fourth-order valence-corrected chi connectivity index (χ4v) is 15.3. The number of carbonyl (C=O) groups is 2. The van der Waals surface area contributed by atoms with Crippen LogP contribution in [-0.4, -0.2) is 63.2 Å². The number of hydrogen-bond donors (Lipinski definition) is 3. The minimum Gasteiger partial charge on any atom is -0.497 e. The quantitative estimate of drug-likeness (QED) is 0.0316. The van der Waals surface area contributed by atoms with E-state index in [1.165, 1.54) is 83.5 Å². The smallest absolute Gasteiger partial charge is 0.407 e. The van der Waals surface area contributed by atoms with E-state index in [1.54, 1.807) is 19.8 Å². The molecule has 0 heterocycles. The van der Waals surface area contributed by atoms with Crippen molar-refractivity contribution in [3.05, 3.63) is 107 Å². The van der Waals surface area contributed by atoms with Crippen LogP contribution in [0.5, 0.6) is 11.5 Å². The second-order valence-corrected chi connectivity index (χ2v) is 25.4. The van der Waals surface area contributed by atoms with Gasteiger partial charge in [-0.25, -0.2) is 4.79 Å². The van der Waals surface area contributed by atoms with Crippen LogP contribution in [0.15, 0.2) is 90.5 Å². The normalized spacial score (nSPS) is 24.5. The van der Waals surface area contributed by atoms with Crippen LogP contribution in [0.25, 0.3) is 0 Å². The van der Waals surface area contributed by atoms with Crippen LogP contribution < -0.4 is 20.1 Å². The number of alkyl carbamates (subject to hydrolysis) is 1. The maximum absolute atomic E-state index is 12.9. The zero-order chi connectivity index (χ0) is 55.4. The van der Waals surface area contributed by atoms with Gasteiger partial charge in [0.25, 0.3) is 0 Å². The predicted molar refractivity (Wildman–Crippen MR) is 318 cm³/mol. The average Bonchev–Trinajstić information content (AvgIpc) is 3.95. The Morgan fingerprint density at radius 2 is 1.24 bits per heavy atom. The van der Waals surface area contributed by atoms with Gasteiger partial charge in [0.15, 0.2) is 0 Å². The molecule has 1 unspecified atom stereocenters. The first-order valence-electron chi connectivity index (χ1n) is 31.4. The van der Waals surface area contributed by atoms with Gasteiger partial charge in [0.1, 0.15) is 23.2 Å². The lowest BCUT2D eigenvalue weighted by Crippen LogP contribution is -2.51. The van der Waals surface area contributed by atoms with Gasteiger partial charge in [-0.3, -0.25) is 4.79 Å². The summed E-state index contributed by atoms with van der Waals surface area (Å²) in [6.07, 6.45) is 30.7. The molecule has 4 aliphatic carbocycles. The SMILES string of the molecule is COc1ccc(C(OCCC(O)CCCCCNC(=O)CCCCCCCCCCCNC(=O)O[C@H]2CC[C@@]3(C)C(=CC[C@H]4[C@@H]5CC[C@H]([C@H](C)CCCC(C)C)[C@@]5(C)CC[C@@H]43)C2)(c2ccccc2)c2ccc(OC)cc2)cc1. The first-order chi connectivity index (χ1) is 37.8. The van der Waals surface area contributed by atoms with Crippen LogP contribution in [0.4, 0.5) is 4.79 Å². The van der Waals surface area contributed by atoms with Crippen LogP contribution in [0.2, 0.25) is 0 Å². The van der Waals surface area contributed by atoms with Crippen molar-refractivity contribution in [2.75, 3.05) is 33.9 Å². The number of aliphatic hydroxyl groups is 1. The van der Waals surface area contributed by atoms with E-state index in [9.17, 15) is 14.7 Å². The number of fused-ring (bicyclic) bond motifs is 5. The molecule has 3 aromatic carbocycles. The van der Waals surface area contributed by atoms with Crippen molar-refractivity contribution in [1.29, 1.82) is 0 Å². The Labute approximate surface area is 472 Å². The van der Waals surface area contributed by atoms with Gasteiger partial charge in [-0.15, -0.1) is 0 Å². The van der Waals surface area contributed by atoms with Crippen molar-refractivity contribution < 1.29 is 33.6 Å². The molecule has 9 nitrogen and oxygen atoms in total. The number of aliphatic hydroxyl groups excluding tert-OH is 1. The third-order valence-electron chi connectivity index (χ3n) is 19.9. The highest BCUT2D eigenvalue weighted by Gasteiger charge is 2.59. The van der Waals surface area contributed by atoms with Crippen molar-refractivity contribution in [1.82, 2.24) is 10.6 Å². The van der Waals surface area contributed by atoms with Crippen molar-refractivity contribution in [2.45, 2.75) is 219 Å². The number of rotatable bonds is 33. The number of hydrogen-bond acceptors (Lipinski definition) is 7. The van der Waals surface area contributed by atoms with Gasteiger partial charge < -0.3 is 34.7 Å². The van der Waals surface area contributed by atoms with Crippen molar-refractivity contribution >= 4 is 12.0 Å². The number of nitrogens with one attached hydrogen (secondary N) is 2. The number of methoxy groups -OCH3 is 2. The summed E-state index contributed by atoms with van der Waals surface area (Å²) in [5.41, 5.74) is 4.41. The molecular formula is C69H104N2O7. The molecule has 78 heavy (non-hydrogen) atoms. The summed E-state index contributed by atoms with van der Waals surface area (Å²) < 4.78 is 23.9. The number of unbranched alkanes of at least 4 members (excludes halogenated alkanes) is 10. The minimum absolute atomic E-state index is 0.00202. The third-order valence-corrected chi connectivity index (χ3v) is 19.9. The lowest BCUT2D eigenvalue weighted by atomic mass is 9.47. The van der Waals surface area contributed by atoms with Crippen LogP contribution in [0, 0.1) is 46.3 Å². The molecule has 0 saturated heterocycles. The molecule has 9 heteroatoms. The van der Waals surface area contributed by atoms with Crippen molar-refractivity contribution in [3.63, 3.8) is 0 Å². The lowest BCUT2D eigenvalue weighted by molar-refractivity contribution is -0.121. The van der Waals surface area contributed by atoms with Gasteiger partial charge in [-0.05, 0) is 164 Å². The van der Waals surface area contributed by atoms with E-state index in [0.717, 1.165) is 128 Å². The van der Waals surface area contributed by atoms with E-state index in [2.05, 4.69) is 63.5 Å². The first kappa shape index (κ1) is 61.3. The molecule has 0 aliphatic heterocycles. The molecule has 3 fully saturated rings. The Balaban J connectivity index is 0.679. The van der Waals surface area contributed by atoms with Gasteiger partial charge in [-0.1, -0.05) is 178 Å². The molecule has 0 radical (unpaired) electrons. The molecule has 2 amide bonds. The molecule has 4 aliphatic rings. The number of amides is 2. The van der Waals surface area contributed by atoms with E-state index in [0.29, 0.717) is 44.4 Å². The molecule has 9 atom stereocenters. The number of allylic oxidation sites excluding steroid dienone is 1. The molecule has 0 aromatic heterocycles. The van der Waals surface area contributed by atoms with Gasteiger partial charge in [0, 0.05) is 25.9 Å². The standard InChI is InChI=1S/C69H104N2O7/c1-51(2)24-23-25-52(3)62-40-41-63-61-39-34-56-50-60(42-45-67(56,4)64(61)43-46-68(62,63)5)78-66(74)71-48-21-14-12-10-8-9-11-13-20-29-65(73)70-47-22-16-19-28-57(72)44-49-77-69(53-26-17-15-18-27-53,54-30-35-58(75-6)36-31-54)55-32-37-59(76-7)38-33-55/h15,17-18,26-27,30-38,51-52,57,60-64,72H,8-14,16,19-25,28-29,39-50H2,1-7H3,(H,70,73)(H,71,74)/t52-,57?,60+,61+,62-,63+,64+,67+,68-/m1/s1. The monoisotopic (exact) mass is 1070 g/mol. The highest BCUT2D eigenvalue weighted by molar-refractivity contribution is 5.75. The Hall–Kier alpha value is -4.34. The fraction of sp³-hybridized carbons (Fsp3) is 0.681. The summed E-state index contributed by atoms with van der Waals surface area (Å²) in [7, 11) is 3.33. The zero-order valence-corrected chi connectivity index (χ0v) is 49.6. The molecular weight excluding hydrogens is 969 g/mol. The highest BCUT2D eigenvalue weighted by Crippen LogP contribution is 2.67. The van der Waals surface area contributed by atoms with Crippen molar-refractivity contribution in [3.8, 4) is 11.5 Å². The first-order valence-corrected chi connectivity index (χ1v) is 31.4.